The van der Waals surface area contributed by atoms with Gasteiger partial charge in [0, 0.05) is 0 Å². The Morgan fingerprint density at radius 1 is 0.816 bits per heavy atom. The molecular formula is C30H26BF2NO4. The highest BCUT2D eigenvalue weighted by Crippen LogP contribution is 2.47. The molecule has 8 heteroatoms. The summed E-state index contributed by atoms with van der Waals surface area (Å²) in [6, 6.07) is 26.1. The Bertz CT molecular complexity index is 1430. The predicted octanol–water partition coefficient (Wildman–Crippen LogP) is 3.82. The molecule has 0 spiro atoms. The van der Waals surface area contributed by atoms with Crippen LogP contribution in [0.1, 0.15) is 35.6 Å². The predicted molar refractivity (Wildman–Crippen MR) is 141 cm³/mol. The molecule has 1 amide bonds. The number of hydrogen-bond donors (Lipinski definition) is 4. The Labute approximate surface area is 219 Å². The largest absolute Gasteiger partial charge is 0.488 e. The number of benzene rings is 4. The molecule has 4 aromatic carbocycles. The van der Waals surface area contributed by atoms with Gasteiger partial charge in [-0.25, -0.2) is 8.78 Å². The number of β-lactam (4-membered cyclic amide) rings is 1. The normalized spacial score (nSPS) is 19.4. The molecule has 192 valence electrons. The third-order valence-electron chi connectivity index (χ3n) is 7.30. The van der Waals surface area contributed by atoms with Crippen LogP contribution in [-0.2, 0) is 10.3 Å². The minimum Gasteiger partial charge on any atom is -0.423 e. The summed E-state index contributed by atoms with van der Waals surface area (Å²) in [7, 11) is -1.58. The molecular weight excluding hydrogens is 487 g/mol. The molecule has 0 saturated carbocycles. The number of aliphatic hydroxyl groups excluding tert-OH is 1. The highest BCUT2D eigenvalue weighted by molar-refractivity contribution is 6.58. The van der Waals surface area contributed by atoms with Crippen molar-refractivity contribution in [3.8, 4) is 11.1 Å². The van der Waals surface area contributed by atoms with E-state index in [1.54, 1.807) is 30.3 Å². The molecule has 0 aliphatic carbocycles. The standard InChI is InChI=1S/C30H26BF2NO4/c32-25-12-6-20(7-13-25)28(35)17-16-27-29(36)34-30(27,23-10-14-26(33)15-11-23)22-8-4-19(5-9-22)21-2-1-3-24(18-21)31(37)38/h1-15,18,27-28,35,37-38H,16-17H2,(H,34,36)/t27-,28-,30-/m0/s1. The van der Waals surface area contributed by atoms with E-state index in [0.29, 0.717) is 17.4 Å². The van der Waals surface area contributed by atoms with Gasteiger partial charge < -0.3 is 20.5 Å². The lowest BCUT2D eigenvalue weighted by Gasteiger charge is -2.50. The molecule has 1 aliphatic rings. The van der Waals surface area contributed by atoms with Gasteiger partial charge in [0.1, 0.15) is 17.2 Å². The van der Waals surface area contributed by atoms with Crippen LogP contribution in [0.25, 0.3) is 11.1 Å². The molecule has 0 bridgehead atoms. The summed E-state index contributed by atoms with van der Waals surface area (Å²) in [6.07, 6.45) is -0.243. The average Bonchev–Trinajstić information content (AvgIpc) is 2.92. The van der Waals surface area contributed by atoms with Crippen molar-refractivity contribution in [1.29, 1.82) is 0 Å². The van der Waals surface area contributed by atoms with E-state index in [-0.39, 0.29) is 18.1 Å². The summed E-state index contributed by atoms with van der Waals surface area (Å²) in [6.45, 7) is 0. The SMILES string of the molecule is O=C1N[C@](c2ccc(F)cc2)(c2ccc(-c3cccc(B(O)O)c3)cc2)[C@H]1CC[C@H](O)c1ccc(F)cc1. The highest BCUT2D eigenvalue weighted by Gasteiger charge is 2.55. The van der Waals surface area contributed by atoms with Crippen LogP contribution in [0.4, 0.5) is 8.78 Å². The number of carbonyl (C=O) groups is 1. The maximum absolute atomic E-state index is 13.8. The highest BCUT2D eigenvalue weighted by atomic mass is 19.1. The van der Waals surface area contributed by atoms with Gasteiger partial charge in [-0.1, -0.05) is 72.8 Å². The molecule has 0 unspecified atom stereocenters. The maximum Gasteiger partial charge on any atom is 0.488 e. The van der Waals surface area contributed by atoms with Gasteiger partial charge in [0.05, 0.1) is 12.0 Å². The second-order valence-corrected chi connectivity index (χ2v) is 9.58. The molecule has 4 N–H and O–H groups in total. The van der Waals surface area contributed by atoms with Crippen LogP contribution in [0.15, 0.2) is 97.1 Å². The Morgan fingerprint density at radius 2 is 1.39 bits per heavy atom. The number of nitrogens with one attached hydrogen (secondary N) is 1. The van der Waals surface area contributed by atoms with Crippen LogP contribution in [0.2, 0.25) is 0 Å². The Morgan fingerprint density at radius 3 is 1.97 bits per heavy atom. The van der Waals surface area contributed by atoms with E-state index in [4.69, 9.17) is 0 Å². The number of rotatable bonds is 8. The van der Waals surface area contributed by atoms with Crippen molar-refractivity contribution >= 4 is 18.5 Å². The minimum absolute atomic E-state index is 0.172. The van der Waals surface area contributed by atoms with Crippen molar-refractivity contribution in [3.63, 3.8) is 0 Å². The third kappa shape index (κ3) is 4.86. The van der Waals surface area contributed by atoms with Crippen molar-refractivity contribution in [1.82, 2.24) is 5.32 Å². The molecule has 1 aliphatic heterocycles. The second kappa shape index (κ2) is 10.5. The zero-order valence-corrected chi connectivity index (χ0v) is 20.4. The Balaban J connectivity index is 1.46. The molecule has 38 heavy (non-hydrogen) atoms. The van der Waals surface area contributed by atoms with E-state index >= 15 is 0 Å². The van der Waals surface area contributed by atoms with E-state index in [2.05, 4.69) is 5.32 Å². The lowest BCUT2D eigenvalue weighted by atomic mass is 9.64. The maximum atomic E-state index is 13.8. The monoisotopic (exact) mass is 513 g/mol. The number of aliphatic hydroxyl groups is 1. The van der Waals surface area contributed by atoms with Crippen LogP contribution in [0.3, 0.4) is 0 Å². The fourth-order valence-corrected chi connectivity index (χ4v) is 5.24. The number of hydrogen-bond acceptors (Lipinski definition) is 4. The number of halogens is 2. The first-order valence-electron chi connectivity index (χ1n) is 12.4. The van der Waals surface area contributed by atoms with E-state index in [9.17, 15) is 28.7 Å². The van der Waals surface area contributed by atoms with Crippen molar-refractivity contribution < 1.29 is 28.7 Å². The van der Waals surface area contributed by atoms with Crippen LogP contribution < -0.4 is 10.8 Å². The smallest absolute Gasteiger partial charge is 0.423 e. The first-order chi connectivity index (χ1) is 18.3. The van der Waals surface area contributed by atoms with Gasteiger partial charge >= 0.3 is 7.12 Å². The summed E-state index contributed by atoms with van der Waals surface area (Å²) in [5.74, 6) is -1.48. The van der Waals surface area contributed by atoms with Gasteiger partial charge in [0.25, 0.3) is 0 Å². The fourth-order valence-electron chi connectivity index (χ4n) is 5.24. The summed E-state index contributed by atoms with van der Waals surface area (Å²) in [5.41, 5.74) is 3.19. The Hall–Kier alpha value is -3.85. The van der Waals surface area contributed by atoms with Crippen LogP contribution in [0.5, 0.6) is 0 Å². The molecule has 0 radical (unpaired) electrons. The lowest BCUT2D eigenvalue weighted by Crippen LogP contribution is -2.67. The summed E-state index contributed by atoms with van der Waals surface area (Å²) < 4.78 is 27.1. The topological polar surface area (TPSA) is 89.8 Å². The molecule has 1 heterocycles. The zero-order valence-electron chi connectivity index (χ0n) is 20.4. The first-order valence-corrected chi connectivity index (χ1v) is 12.4. The number of carbonyl (C=O) groups excluding carboxylic acids is 1. The number of amides is 1. The fraction of sp³-hybridized carbons (Fsp3) is 0.167. The van der Waals surface area contributed by atoms with E-state index in [1.165, 1.54) is 36.4 Å². The van der Waals surface area contributed by atoms with Gasteiger partial charge in [0.2, 0.25) is 5.91 Å². The molecule has 5 nitrogen and oxygen atoms in total. The lowest BCUT2D eigenvalue weighted by molar-refractivity contribution is -0.140. The van der Waals surface area contributed by atoms with Gasteiger partial charge in [-0.15, -0.1) is 0 Å². The van der Waals surface area contributed by atoms with Crippen LogP contribution in [-0.4, -0.2) is 28.2 Å². The second-order valence-electron chi connectivity index (χ2n) is 9.58. The molecule has 4 aromatic rings. The van der Waals surface area contributed by atoms with Crippen molar-refractivity contribution in [2.45, 2.75) is 24.5 Å². The summed E-state index contributed by atoms with van der Waals surface area (Å²) >= 11 is 0. The minimum atomic E-state index is -1.58. The zero-order chi connectivity index (χ0) is 26.9. The van der Waals surface area contributed by atoms with Crippen molar-refractivity contribution in [2.24, 2.45) is 5.92 Å². The summed E-state index contributed by atoms with van der Waals surface area (Å²) in [4.78, 5) is 12.9. The average molecular weight is 513 g/mol. The van der Waals surface area contributed by atoms with Gasteiger partial charge in [-0.2, -0.15) is 0 Å². The van der Waals surface area contributed by atoms with E-state index in [1.807, 2.05) is 30.3 Å². The van der Waals surface area contributed by atoms with Crippen LogP contribution >= 0.6 is 0 Å². The van der Waals surface area contributed by atoms with Gasteiger partial charge in [-0.05, 0) is 70.4 Å². The molecule has 1 fully saturated rings. The van der Waals surface area contributed by atoms with E-state index in [0.717, 1.165) is 22.3 Å². The molecule has 3 atom stereocenters. The first kappa shape index (κ1) is 25.8. The molecule has 5 rings (SSSR count). The van der Waals surface area contributed by atoms with E-state index < -0.39 is 30.5 Å². The van der Waals surface area contributed by atoms with Gasteiger partial charge in [-0.3, -0.25) is 4.79 Å². The van der Waals surface area contributed by atoms with Crippen molar-refractivity contribution in [2.75, 3.05) is 0 Å². The van der Waals surface area contributed by atoms with Gasteiger partial charge in [0.15, 0.2) is 0 Å². The van der Waals surface area contributed by atoms with Crippen molar-refractivity contribution in [3.05, 3.63) is 125 Å². The molecule has 1 saturated heterocycles. The Kier molecular flexibility index (Phi) is 7.12. The summed E-state index contributed by atoms with van der Waals surface area (Å²) in [5, 5.41) is 32.8. The third-order valence-corrected chi connectivity index (χ3v) is 7.30. The molecule has 0 aromatic heterocycles. The quantitative estimate of drug-likeness (QED) is 0.213. The van der Waals surface area contributed by atoms with Crippen LogP contribution in [0, 0.1) is 17.6 Å².